The van der Waals surface area contributed by atoms with Crippen molar-refractivity contribution in [2.24, 2.45) is 0 Å². The van der Waals surface area contributed by atoms with E-state index in [1.807, 2.05) is 0 Å². The summed E-state index contributed by atoms with van der Waals surface area (Å²) in [6, 6.07) is 1.47. The number of rotatable bonds is 3. The van der Waals surface area contributed by atoms with Crippen LogP contribution < -0.4 is 5.73 Å². The van der Waals surface area contributed by atoms with E-state index in [-0.39, 0.29) is 17.1 Å². The number of aliphatic hydroxyl groups is 2. The molecule has 6 heteroatoms. The predicted octanol–water partition coefficient (Wildman–Crippen LogP) is 0.641. The molecule has 0 fully saturated rings. The van der Waals surface area contributed by atoms with Gasteiger partial charge in [-0.15, -0.1) is 0 Å². The fourth-order valence-corrected chi connectivity index (χ4v) is 1.36. The first kappa shape index (κ1) is 11.6. The Morgan fingerprint density at radius 3 is 2.71 bits per heavy atom. The van der Waals surface area contributed by atoms with E-state index in [2.05, 4.69) is 17.6 Å². The van der Waals surface area contributed by atoms with Crippen LogP contribution in [0, 0.1) is 0 Å². The zero-order chi connectivity index (χ0) is 10.7. The van der Waals surface area contributed by atoms with Gasteiger partial charge in [0, 0.05) is 11.9 Å². The zero-order valence-electron chi connectivity index (χ0n) is 7.26. The van der Waals surface area contributed by atoms with Crippen LogP contribution in [-0.2, 0) is 0 Å². The van der Waals surface area contributed by atoms with Crippen LogP contribution in [-0.4, -0.2) is 27.1 Å². The summed E-state index contributed by atoms with van der Waals surface area (Å²) in [6.45, 7) is 0. The highest BCUT2D eigenvalue weighted by molar-refractivity contribution is 7.80. The van der Waals surface area contributed by atoms with Crippen molar-refractivity contribution in [3.8, 4) is 0 Å². The molecule has 0 amide bonds. The molecule has 2 atom stereocenters. The summed E-state index contributed by atoms with van der Waals surface area (Å²) in [4.78, 5) is 3.85. The van der Waals surface area contributed by atoms with Gasteiger partial charge in [-0.3, -0.25) is 4.98 Å². The van der Waals surface area contributed by atoms with E-state index in [1.54, 1.807) is 0 Å². The third-order valence-corrected chi connectivity index (χ3v) is 2.33. The minimum Gasteiger partial charge on any atom is -0.397 e. The summed E-state index contributed by atoms with van der Waals surface area (Å²) in [7, 11) is 0. The van der Waals surface area contributed by atoms with Crippen LogP contribution in [0.5, 0.6) is 0 Å². The van der Waals surface area contributed by atoms with Crippen molar-refractivity contribution in [3.63, 3.8) is 0 Å². The van der Waals surface area contributed by atoms with Crippen LogP contribution in [0.25, 0.3) is 0 Å². The van der Waals surface area contributed by atoms with Crippen molar-refractivity contribution >= 4 is 29.9 Å². The molecular weight excluding hydrogens is 224 g/mol. The third-order valence-electron chi connectivity index (χ3n) is 1.75. The second-order valence-electron chi connectivity index (χ2n) is 2.82. The van der Waals surface area contributed by atoms with Crippen LogP contribution >= 0.6 is 24.2 Å². The SMILES string of the molecule is Nc1cc(Cl)cnc1C(O)C(O)CS. The summed E-state index contributed by atoms with van der Waals surface area (Å²) in [5.74, 6) is 0.130. The first-order chi connectivity index (χ1) is 6.56. The molecule has 0 spiro atoms. The summed E-state index contributed by atoms with van der Waals surface area (Å²) in [5.41, 5.74) is 6.05. The number of hydrogen-bond acceptors (Lipinski definition) is 5. The summed E-state index contributed by atoms with van der Waals surface area (Å²) in [6.07, 6.45) is -0.763. The molecule has 4 nitrogen and oxygen atoms in total. The number of aromatic nitrogens is 1. The molecule has 0 saturated carbocycles. The van der Waals surface area contributed by atoms with Gasteiger partial charge in [-0.2, -0.15) is 12.6 Å². The number of nitrogen functional groups attached to an aromatic ring is 1. The fraction of sp³-hybridized carbons (Fsp3) is 0.375. The molecule has 0 aliphatic carbocycles. The van der Waals surface area contributed by atoms with Gasteiger partial charge >= 0.3 is 0 Å². The summed E-state index contributed by atoms with van der Waals surface area (Å²) < 4.78 is 0. The fourth-order valence-electron chi connectivity index (χ4n) is 0.995. The predicted molar refractivity (Wildman–Crippen MR) is 58.5 cm³/mol. The number of pyridine rings is 1. The van der Waals surface area contributed by atoms with Gasteiger partial charge in [0.1, 0.15) is 6.10 Å². The molecule has 0 bridgehead atoms. The summed E-state index contributed by atoms with van der Waals surface area (Å²) >= 11 is 9.49. The molecule has 78 valence electrons. The molecule has 1 aromatic rings. The van der Waals surface area contributed by atoms with Crippen LogP contribution in [0.1, 0.15) is 11.8 Å². The molecule has 1 rings (SSSR count). The second kappa shape index (κ2) is 4.84. The van der Waals surface area contributed by atoms with Gasteiger partial charge in [0.2, 0.25) is 0 Å². The number of anilines is 1. The van der Waals surface area contributed by atoms with Crippen LogP contribution in [0.4, 0.5) is 5.69 Å². The van der Waals surface area contributed by atoms with Gasteiger partial charge in [-0.1, -0.05) is 11.6 Å². The molecule has 0 radical (unpaired) electrons. The van der Waals surface area contributed by atoms with Gasteiger partial charge in [-0.25, -0.2) is 0 Å². The molecule has 14 heavy (non-hydrogen) atoms. The highest BCUT2D eigenvalue weighted by Crippen LogP contribution is 2.23. The van der Waals surface area contributed by atoms with Crippen molar-refractivity contribution in [1.29, 1.82) is 0 Å². The van der Waals surface area contributed by atoms with Gasteiger partial charge in [0.25, 0.3) is 0 Å². The molecule has 4 N–H and O–H groups in total. The topological polar surface area (TPSA) is 79.4 Å². The van der Waals surface area contributed by atoms with E-state index < -0.39 is 12.2 Å². The summed E-state index contributed by atoms with van der Waals surface area (Å²) in [5, 5.41) is 19.3. The number of thiol groups is 1. The average molecular weight is 235 g/mol. The first-order valence-electron chi connectivity index (χ1n) is 3.94. The van der Waals surface area contributed by atoms with Crippen molar-refractivity contribution in [1.82, 2.24) is 4.98 Å². The Bertz CT molecular complexity index is 324. The van der Waals surface area contributed by atoms with Crippen molar-refractivity contribution < 1.29 is 10.2 Å². The van der Waals surface area contributed by atoms with Gasteiger partial charge in [0.05, 0.1) is 22.5 Å². The molecule has 2 unspecified atom stereocenters. The molecule has 0 saturated heterocycles. The molecule has 0 aliphatic heterocycles. The molecule has 0 aliphatic rings. The standard InChI is InChI=1S/C8H11ClN2O2S/c9-4-1-5(10)7(11-2-4)8(13)6(12)3-14/h1-2,6,8,12-14H,3,10H2. The van der Waals surface area contributed by atoms with Crippen LogP contribution in [0.15, 0.2) is 12.3 Å². The Balaban J connectivity index is 2.95. The largest absolute Gasteiger partial charge is 0.397 e. The third kappa shape index (κ3) is 2.51. The Kier molecular flexibility index (Phi) is 4.00. The van der Waals surface area contributed by atoms with Gasteiger partial charge in [0.15, 0.2) is 0 Å². The number of nitrogens with two attached hydrogens (primary N) is 1. The minimum absolute atomic E-state index is 0.130. The Hall–Kier alpha value is -0.490. The Morgan fingerprint density at radius 1 is 1.57 bits per heavy atom. The first-order valence-corrected chi connectivity index (χ1v) is 4.95. The maximum atomic E-state index is 9.58. The average Bonchev–Trinajstić information content (AvgIpc) is 2.15. The molecular formula is C8H11ClN2O2S. The lowest BCUT2D eigenvalue weighted by Crippen LogP contribution is -2.21. The highest BCUT2D eigenvalue weighted by atomic mass is 35.5. The molecule has 1 aromatic heterocycles. The number of hydrogen-bond donors (Lipinski definition) is 4. The lowest BCUT2D eigenvalue weighted by molar-refractivity contribution is 0.0315. The van der Waals surface area contributed by atoms with E-state index in [1.165, 1.54) is 12.3 Å². The smallest absolute Gasteiger partial charge is 0.125 e. The van der Waals surface area contributed by atoms with E-state index >= 15 is 0 Å². The van der Waals surface area contributed by atoms with Crippen molar-refractivity contribution in [3.05, 3.63) is 23.0 Å². The zero-order valence-corrected chi connectivity index (χ0v) is 8.91. The Morgan fingerprint density at radius 2 is 2.21 bits per heavy atom. The molecule has 0 aromatic carbocycles. The van der Waals surface area contributed by atoms with Crippen molar-refractivity contribution in [2.75, 3.05) is 11.5 Å². The maximum Gasteiger partial charge on any atom is 0.125 e. The monoisotopic (exact) mass is 234 g/mol. The molecule has 1 heterocycles. The minimum atomic E-state index is -1.13. The number of halogens is 1. The van der Waals surface area contributed by atoms with E-state index in [0.717, 1.165) is 0 Å². The van der Waals surface area contributed by atoms with E-state index in [4.69, 9.17) is 17.3 Å². The highest BCUT2D eigenvalue weighted by Gasteiger charge is 2.20. The lowest BCUT2D eigenvalue weighted by atomic mass is 10.1. The quantitative estimate of drug-likeness (QED) is 0.579. The number of nitrogens with zero attached hydrogens (tertiary/aromatic N) is 1. The van der Waals surface area contributed by atoms with Crippen LogP contribution in [0.2, 0.25) is 5.02 Å². The van der Waals surface area contributed by atoms with E-state index in [0.29, 0.717) is 5.02 Å². The van der Waals surface area contributed by atoms with Gasteiger partial charge in [-0.05, 0) is 6.07 Å². The van der Waals surface area contributed by atoms with E-state index in [9.17, 15) is 10.2 Å². The van der Waals surface area contributed by atoms with Crippen LogP contribution in [0.3, 0.4) is 0 Å². The Labute approximate surface area is 92.1 Å². The normalized spacial score (nSPS) is 15.1. The second-order valence-corrected chi connectivity index (χ2v) is 3.62. The maximum absolute atomic E-state index is 9.58. The van der Waals surface area contributed by atoms with Gasteiger partial charge < -0.3 is 15.9 Å². The lowest BCUT2D eigenvalue weighted by Gasteiger charge is -2.16. The number of aliphatic hydroxyl groups excluding tert-OH is 2. The van der Waals surface area contributed by atoms with Crippen molar-refractivity contribution in [2.45, 2.75) is 12.2 Å².